The molecule has 1 N–H and O–H groups in total. The molecule has 8 nitrogen and oxygen atoms in total. The van der Waals surface area contributed by atoms with Crippen LogP contribution < -0.4 is 19.5 Å². The van der Waals surface area contributed by atoms with Crippen LogP contribution in [0.25, 0.3) is 11.4 Å². The fourth-order valence-electron chi connectivity index (χ4n) is 3.02. The normalized spacial score (nSPS) is 11.6. The summed E-state index contributed by atoms with van der Waals surface area (Å²) in [6, 6.07) is 11.1. The Hall–Kier alpha value is -3.55. The van der Waals surface area contributed by atoms with Crippen molar-refractivity contribution < 1.29 is 23.5 Å². The highest BCUT2D eigenvalue weighted by molar-refractivity contribution is 5.81. The first kappa shape index (κ1) is 22.1. The molecule has 0 saturated heterocycles. The van der Waals surface area contributed by atoms with E-state index in [4.69, 9.17) is 18.7 Å². The highest BCUT2D eigenvalue weighted by Gasteiger charge is 2.21. The molecule has 0 aliphatic carbocycles. The molecule has 164 valence electrons. The van der Waals surface area contributed by atoms with Gasteiger partial charge in [-0.2, -0.15) is 4.98 Å². The Labute approximate surface area is 181 Å². The molecule has 1 amide bonds. The number of nitrogens with zero attached hydrogens (tertiary/aromatic N) is 2. The number of hydrogen-bond donors (Lipinski definition) is 1. The van der Waals surface area contributed by atoms with Gasteiger partial charge in [0.25, 0.3) is 5.91 Å². The van der Waals surface area contributed by atoms with Gasteiger partial charge in [0, 0.05) is 6.07 Å². The summed E-state index contributed by atoms with van der Waals surface area (Å²) >= 11 is 0. The molecule has 0 aliphatic rings. The Morgan fingerprint density at radius 1 is 1.13 bits per heavy atom. The van der Waals surface area contributed by atoms with Crippen molar-refractivity contribution in [1.29, 1.82) is 0 Å². The molecule has 2 aromatic carbocycles. The largest absolute Gasteiger partial charge is 0.497 e. The number of aromatic nitrogens is 2. The third-order valence-corrected chi connectivity index (χ3v) is 5.02. The summed E-state index contributed by atoms with van der Waals surface area (Å²) in [6.45, 7) is 5.98. The van der Waals surface area contributed by atoms with Crippen molar-refractivity contribution in [2.24, 2.45) is 0 Å². The summed E-state index contributed by atoms with van der Waals surface area (Å²) < 4.78 is 21.8. The first-order valence-electron chi connectivity index (χ1n) is 10.0. The topological polar surface area (TPSA) is 95.7 Å². The molecule has 1 heterocycles. The molecular weight excluding hydrogens is 398 g/mol. The summed E-state index contributed by atoms with van der Waals surface area (Å²) in [6.07, 6.45) is -0.0956. The molecule has 0 aliphatic heterocycles. The highest BCUT2D eigenvalue weighted by atomic mass is 16.5. The Morgan fingerprint density at radius 3 is 2.65 bits per heavy atom. The zero-order valence-electron chi connectivity index (χ0n) is 18.4. The standard InChI is InChI=1S/C23H27N3O5/c1-6-18(30-19-9-7-8-14(2)15(19)3)23(27)24-13-21-25-22(26-31-21)17-11-10-16(28-4)12-20(17)29-5/h7-12,18H,6,13H2,1-5H3,(H,24,27)/t18-/m1/s1. The highest BCUT2D eigenvalue weighted by Crippen LogP contribution is 2.31. The number of carbonyl (C=O) groups excluding carboxylic acids is 1. The van der Waals surface area contributed by atoms with Crippen molar-refractivity contribution in [3.63, 3.8) is 0 Å². The number of rotatable bonds is 9. The van der Waals surface area contributed by atoms with Gasteiger partial charge >= 0.3 is 0 Å². The predicted molar refractivity (Wildman–Crippen MR) is 115 cm³/mol. The Bertz CT molecular complexity index is 1050. The van der Waals surface area contributed by atoms with Gasteiger partial charge in [0.2, 0.25) is 11.7 Å². The van der Waals surface area contributed by atoms with Crippen LogP contribution in [0, 0.1) is 13.8 Å². The number of carbonyl (C=O) groups is 1. The number of hydrogen-bond acceptors (Lipinski definition) is 7. The SMILES string of the molecule is CC[C@@H](Oc1cccc(C)c1C)C(=O)NCc1nc(-c2ccc(OC)cc2OC)no1. The van der Waals surface area contributed by atoms with Crippen molar-refractivity contribution >= 4 is 5.91 Å². The van der Waals surface area contributed by atoms with E-state index in [2.05, 4.69) is 15.5 Å². The van der Waals surface area contributed by atoms with Gasteiger partial charge < -0.3 is 24.1 Å². The van der Waals surface area contributed by atoms with Crippen molar-refractivity contribution in [1.82, 2.24) is 15.5 Å². The maximum atomic E-state index is 12.6. The lowest BCUT2D eigenvalue weighted by Gasteiger charge is -2.18. The smallest absolute Gasteiger partial charge is 0.261 e. The zero-order valence-corrected chi connectivity index (χ0v) is 18.4. The van der Waals surface area contributed by atoms with E-state index in [9.17, 15) is 4.79 Å². The third-order valence-electron chi connectivity index (χ3n) is 5.02. The van der Waals surface area contributed by atoms with Crippen molar-refractivity contribution in [3.8, 4) is 28.6 Å². The lowest BCUT2D eigenvalue weighted by Crippen LogP contribution is -2.37. The minimum absolute atomic E-state index is 0.0942. The average Bonchev–Trinajstić information content (AvgIpc) is 3.26. The van der Waals surface area contributed by atoms with Crippen LogP contribution in [-0.4, -0.2) is 36.4 Å². The van der Waals surface area contributed by atoms with Gasteiger partial charge in [0.05, 0.1) is 26.3 Å². The molecule has 3 rings (SSSR count). The first-order chi connectivity index (χ1) is 15.0. The van der Waals surface area contributed by atoms with E-state index in [1.165, 1.54) is 0 Å². The summed E-state index contributed by atoms with van der Waals surface area (Å²) in [5, 5.41) is 6.80. The van der Waals surface area contributed by atoms with Gasteiger partial charge in [-0.25, -0.2) is 0 Å². The maximum Gasteiger partial charge on any atom is 0.261 e. The predicted octanol–water partition coefficient (Wildman–Crippen LogP) is 3.84. The van der Waals surface area contributed by atoms with Crippen molar-refractivity contribution in [3.05, 3.63) is 53.4 Å². The minimum Gasteiger partial charge on any atom is -0.497 e. The van der Waals surface area contributed by atoms with Crippen LogP contribution in [0.2, 0.25) is 0 Å². The van der Waals surface area contributed by atoms with Crippen LogP contribution in [0.5, 0.6) is 17.2 Å². The van der Waals surface area contributed by atoms with E-state index in [0.717, 1.165) is 11.1 Å². The summed E-state index contributed by atoms with van der Waals surface area (Å²) in [7, 11) is 3.14. The number of amides is 1. The van der Waals surface area contributed by atoms with E-state index >= 15 is 0 Å². The van der Waals surface area contributed by atoms with Crippen LogP contribution >= 0.6 is 0 Å². The van der Waals surface area contributed by atoms with Crippen LogP contribution in [0.15, 0.2) is 40.9 Å². The Kier molecular flexibility index (Phi) is 7.12. The minimum atomic E-state index is -0.621. The second-order valence-electron chi connectivity index (χ2n) is 7.01. The molecule has 0 unspecified atom stereocenters. The van der Waals surface area contributed by atoms with Crippen molar-refractivity contribution in [2.45, 2.75) is 39.8 Å². The van der Waals surface area contributed by atoms with Gasteiger partial charge in [-0.1, -0.05) is 24.2 Å². The van der Waals surface area contributed by atoms with E-state index in [1.54, 1.807) is 32.4 Å². The van der Waals surface area contributed by atoms with Gasteiger partial charge in [-0.15, -0.1) is 0 Å². The monoisotopic (exact) mass is 425 g/mol. The third kappa shape index (κ3) is 5.14. The lowest BCUT2D eigenvalue weighted by atomic mass is 10.1. The average molecular weight is 425 g/mol. The van der Waals surface area contributed by atoms with E-state index < -0.39 is 6.10 Å². The van der Waals surface area contributed by atoms with Gasteiger partial charge in [0.15, 0.2) is 6.10 Å². The van der Waals surface area contributed by atoms with Crippen LogP contribution in [0.1, 0.15) is 30.4 Å². The Balaban J connectivity index is 1.65. The van der Waals surface area contributed by atoms with Crippen LogP contribution in [-0.2, 0) is 11.3 Å². The van der Waals surface area contributed by atoms with Gasteiger partial charge in [-0.05, 0) is 49.6 Å². The maximum absolute atomic E-state index is 12.6. The van der Waals surface area contributed by atoms with Gasteiger partial charge in [-0.3, -0.25) is 4.79 Å². The summed E-state index contributed by atoms with van der Waals surface area (Å²) in [5.41, 5.74) is 2.79. The molecule has 31 heavy (non-hydrogen) atoms. The van der Waals surface area contributed by atoms with Gasteiger partial charge in [0.1, 0.15) is 17.2 Å². The number of nitrogens with one attached hydrogen (secondary N) is 1. The molecule has 0 radical (unpaired) electrons. The Morgan fingerprint density at radius 2 is 1.94 bits per heavy atom. The van der Waals surface area contributed by atoms with Crippen molar-refractivity contribution in [2.75, 3.05) is 14.2 Å². The molecule has 1 aromatic heterocycles. The molecular formula is C23H27N3O5. The summed E-state index contributed by atoms with van der Waals surface area (Å²) in [4.78, 5) is 17.0. The number of ether oxygens (including phenoxy) is 3. The molecule has 0 spiro atoms. The number of aryl methyl sites for hydroxylation is 1. The molecule has 1 atom stereocenters. The fourth-order valence-corrected chi connectivity index (χ4v) is 3.02. The van der Waals surface area contributed by atoms with E-state index in [0.29, 0.717) is 35.1 Å². The van der Waals surface area contributed by atoms with Crippen LogP contribution in [0.3, 0.4) is 0 Å². The molecule has 8 heteroatoms. The molecule has 0 bridgehead atoms. The molecule has 3 aromatic rings. The van der Waals surface area contributed by atoms with E-state index in [-0.39, 0.29) is 18.3 Å². The van der Waals surface area contributed by atoms with Crippen LogP contribution in [0.4, 0.5) is 0 Å². The molecule has 0 fully saturated rings. The number of benzene rings is 2. The quantitative estimate of drug-likeness (QED) is 0.556. The lowest BCUT2D eigenvalue weighted by molar-refractivity contribution is -0.128. The zero-order chi connectivity index (χ0) is 22.4. The second-order valence-corrected chi connectivity index (χ2v) is 7.01. The fraction of sp³-hybridized carbons (Fsp3) is 0.348. The second kappa shape index (κ2) is 9.97. The van der Waals surface area contributed by atoms with E-state index in [1.807, 2.05) is 39.0 Å². The first-order valence-corrected chi connectivity index (χ1v) is 10.0. The summed E-state index contributed by atoms with van der Waals surface area (Å²) in [5.74, 6) is 2.32. The molecule has 0 saturated carbocycles. The number of methoxy groups -OCH3 is 2.